The van der Waals surface area contributed by atoms with E-state index in [0.717, 1.165) is 5.69 Å². The van der Waals surface area contributed by atoms with E-state index in [1.54, 1.807) is 6.33 Å². The van der Waals surface area contributed by atoms with Gasteiger partial charge in [0, 0.05) is 13.2 Å². The summed E-state index contributed by atoms with van der Waals surface area (Å²) in [5, 5.41) is 0. The number of imidazole rings is 1. The van der Waals surface area contributed by atoms with Crippen molar-refractivity contribution in [1.29, 1.82) is 0 Å². The molecule has 1 atom stereocenters. The predicted molar refractivity (Wildman–Crippen MR) is 36.9 cm³/mol. The number of nitrogens with zero attached hydrogens (tertiary/aromatic N) is 2. The van der Waals surface area contributed by atoms with Crippen LogP contribution in [0.25, 0.3) is 0 Å². The predicted octanol–water partition coefficient (Wildman–Crippen LogP) is 0.371. The Balaban J connectivity index is 2.74. The van der Waals surface area contributed by atoms with Gasteiger partial charge < -0.3 is 4.57 Å². The van der Waals surface area contributed by atoms with Crippen molar-refractivity contribution < 1.29 is 4.84 Å². The summed E-state index contributed by atoms with van der Waals surface area (Å²) in [6.45, 7) is 1.85. The minimum Gasteiger partial charge on any atom is -0.340 e. The minimum absolute atomic E-state index is 0.124. The second-order valence-corrected chi connectivity index (χ2v) is 2.24. The molecule has 0 bridgehead atoms. The molecule has 0 aromatic carbocycles. The van der Waals surface area contributed by atoms with Crippen molar-refractivity contribution >= 4 is 0 Å². The van der Waals surface area contributed by atoms with Gasteiger partial charge in [0.25, 0.3) is 0 Å². The maximum absolute atomic E-state index is 4.96. The molecular formula is C6H11N3O. The summed E-state index contributed by atoms with van der Waals surface area (Å²) in [4.78, 5) is 8.62. The van der Waals surface area contributed by atoms with Crippen molar-refractivity contribution in [2.24, 2.45) is 12.9 Å². The fourth-order valence-electron chi connectivity index (χ4n) is 0.713. The van der Waals surface area contributed by atoms with Crippen molar-refractivity contribution in [2.75, 3.05) is 0 Å². The van der Waals surface area contributed by atoms with E-state index in [-0.39, 0.29) is 6.10 Å². The molecular weight excluding hydrogens is 130 g/mol. The first-order valence-electron chi connectivity index (χ1n) is 3.07. The Labute approximate surface area is 59.6 Å². The summed E-state index contributed by atoms with van der Waals surface area (Å²) >= 11 is 0. The summed E-state index contributed by atoms with van der Waals surface area (Å²) in [5.74, 6) is 4.96. The van der Waals surface area contributed by atoms with Crippen LogP contribution in [0.5, 0.6) is 0 Å². The van der Waals surface area contributed by atoms with Gasteiger partial charge in [-0.3, -0.25) is 4.84 Å². The first kappa shape index (κ1) is 7.24. The van der Waals surface area contributed by atoms with Crippen molar-refractivity contribution in [1.82, 2.24) is 9.55 Å². The Hall–Kier alpha value is -0.870. The molecule has 0 radical (unpaired) electrons. The molecule has 1 aromatic heterocycles. The van der Waals surface area contributed by atoms with Gasteiger partial charge in [-0.15, -0.1) is 0 Å². The molecule has 0 saturated heterocycles. The molecule has 4 heteroatoms. The standard InChI is InChI=1S/C6H11N3O/c1-5(10-7)6-3-9(2)4-8-6/h3-5H,7H2,1-2H3. The zero-order valence-electron chi connectivity index (χ0n) is 6.11. The maximum atomic E-state index is 4.96. The highest BCUT2D eigenvalue weighted by Crippen LogP contribution is 2.09. The highest BCUT2D eigenvalue weighted by molar-refractivity contribution is 4.99. The molecule has 2 N–H and O–H groups in total. The van der Waals surface area contributed by atoms with Gasteiger partial charge in [-0.25, -0.2) is 10.9 Å². The van der Waals surface area contributed by atoms with Crippen LogP contribution in [0.1, 0.15) is 18.7 Å². The lowest BCUT2D eigenvalue weighted by Crippen LogP contribution is -2.05. The van der Waals surface area contributed by atoms with Crippen LogP contribution >= 0.6 is 0 Å². The SMILES string of the molecule is CC(ON)c1cn(C)cn1. The Morgan fingerprint density at radius 2 is 2.50 bits per heavy atom. The number of aromatic nitrogens is 2. The Kier molecular flexibility index (Phi) is 2.03. The summed E-state index contributed by atoms with van der Waals surface area (Å²) < 4.78 is 1.85. The molecule has 0 spiro atoms. The van der Waals surface area contributed by atoms with E-state index >= 15 is 0 Å². The molecule has 56 valence electrons. The molecule has 4 nitrogen and oxygen atoms in total. The quantitative estimate of drug-likeness (QED) is 0.605. The summed E-state index contributed by atoms with van der Waals surface area (Å²) in [5.41, 5.74) is 0.852. The van der Waals surface area contributed by atoms with E-state index in [1.165, 1.54) is 0 Å². The summed E-state index contributed by atoms with van der Waals surface area (Å²) in [7, 11) is 1.90. The zero-order valence-corrected chi connectivity index (χ0v) is 6.11. The molecule has 0 fully saturated rings. The highest BCUT2D eigenvalue weighted by atomic mass is 16.6. The van der Waals surface area contributed by atoms with E-state index in [1.807, 2.05) is 24.7 Å². The van der Waals surface area contributed by atoms with Crippen molar-refractivity contribution in [3.63, 3.8) is 0 Å². The van der Waals surface area contributed by atoms with Crippen molar-refractivity contribution in [3.8, 4) is 0 Å². The molecule has 1 aromatic rings. The normalized spacial score (nSPS) is 13.5. The monoisotopic (exact) mass is 141 g/mol. The van der Waals surface area contributed by atoms with Gasteiger partial charge in [0.15, 0.2) is 0 Å². The Morgan fingerprint density at radius 3 is 2.90 bits per heavy atom. The minimum atomic E-state index is -0.124. The molecule has 1 rings (SSSR count). The highest BCUT2D eigenvalue weighted by Gasteiger charge is 2.05. The van der Waals surface area contributed by atoms with Gasteiger partial charge in [0.2, 0.25) is 0 Å². The van der Waals surface area contributed by atoms with Crippen molar-refractivity contribution in [3.05, 3.63) is 18.2 Å². The second kappa shape index (κ2) is 2.81. The fraction of sp³-hybridized carbons (Fsp3) is 0.500. The molecule has 0 saturated carbocycles. The smallest absolute Gasteiger partial charge is 0.119 e. The summed E-state index contributed by atoms with van der Waals surface area (Å²) in [6.07, 6.45) is 3.46. The Morgan fingerprint density at radius 1 is 1.80 bits per heavy atom. The van der Waals surface area contributed by atoms with Crippen molar-refractivity contribution in [2.45, 2.75) is 13.0 Å². The van der Waals surface area contributed by atoms with Crippen LogP contribution in [0, 0.1) is 0 Å². The first-order valence-corrected chi connectivity index (χ1v) is 3.07. The third-order valence-electron chi connectivity index (χ3n) is 1.35. The topological polar surface area (TPSA) is 53.1 Å². The zero-order chi connectivity index (χ0) is 7.56. The van der Waals surface area contributed by atoms with Gasteiger partial charge in [-0.05, 0) is 6.92 Å². The number of rotatable bonds is 2. The third-order valence-corrected chi connectivity index (χ3v) is 1.35. The third kappa shape index (κ3) is 1.34. The summed E-state index contributed by atoms with van der Waals surface area (Å²) in [6, 6.07) is 0. The largest absolute Gasteiger partial charge is 0.340 e. The van der Waals surface area contributed by atoms with Crippen LogP contribution in [-0.4, -0.2) is 9.55 Å². The van der Waals surface area contributed by atoms with E-state index in [4.69, 9.17) is 5.90 Å². The molecule has 0 aliphatic carbocycles. The Bertz CT molecular complexity index is 209. The van der Waals surface area contributed by atoms with Gasteiger partial charge in [-0.2, -0.15) is 0 Å². The van der Waals surface area contributed by atoms with Crippen LogP contribution < -0.4 is 5.90 Å². The first-order chi connectivity index (χ1) is 4.74. The lowest BCUT2D eigenvalue weighted by atomic mass is 10.3. The molecule has 0 aliphatic rings. The number of hydrogen-bond donors (Lipinski definition) is 1. The van der Waals surface area contributed by atoms with E-state index < -0.39 is 0 Å². The maximum Gasteiger partial charge on any atom is 0.119 e. The van der Waals surface area contributed by atoms with Crippen LogP contribution in [-0.2, 0) is 11.9 Å². The van der Waals surface area contributed by atoms with Gasteiger partial charge >= 0.3 is 0 Å². The molecule has 0 aliphatic heterocycles. The van der Waals surface area contributed by atoms with E-state index in [2.05, 4.69) is 9.82 Å². The molecule has 1 unspecified atom stereocenters. The van der Waals surface area contributed by atoms with Crippen LogP contribution in [0.4, 0.5) is 0 Å². The van der Waals surface area contributed by atoms with Gasteiger partial charge in [0.05, 0.1) is 12.0 Å². The van der Waals surface area contributed by atoms with E-state index in [0.29, 0.717) is 0 Å². The average Bonchev–Trinajstić information content (AvgIpc) is 2.34. The van der Waals surface area contributed by atoms with Gasteiger partial charge in [0.1, 0.15) is 6.10 Å². The second-order valence-electron chi connectivity index (χ2n) is 2.24. The molecule has 10 heavy (non-hydrogen) atoms. The lowest BCUT2D eigenvalue weighted by molar-refractivity contribution is 0.0636. The average molecular weight is 141 g/mol. The van der Waals surface area contributed by atoms with Crippen LogP contribution in [0.2, 0.25) is 0 Å². The fourth-order valence-corrected chi connectivity index (χ4v) is 0.713. The molecule has 1 heterocycles. The number of aryl methyl sites for hydroxylation is 1. The number of hydrogen-bond acceptors (Lipinski definition) is 3. The van der Waals surface area contributed by atoms with Crippen LogP contribution in [0.3, 0.4) is 0 Å². The van der Waals surface area contributed by atoms with Gasteiger partial charge in [-0.1, -0.05) is 0 Å². The van der Waals surface area contributed by atoms with E-state index in [9.17, 15) is 0 Å². The van der Waals surface area contributed by atoms with Crippen LogP contribution in [0.15, 0.2) is 12.5 Å². The molecule has 0 amide bonds. The number of nitrogens with two attached hydrogens (primary N) is 1. The lowest BCUT2D eigenvalue weighted by Gasteiger charge is -2.02.